The Balaban J connectivity index is 2.35. The molecule has 5 heteroatoms. The molecule has 74 valence electrons. The Bertz CT molecular complexity index is 364. The molecule has 1 aromatic rings. The number of hydrogen-bond donors (Lipinski definition) is 0. The number of carbonyl (C=O) groups excluding carboxylic acids is 1. The van der Waals surface area contributed by atoms with Crippen molar-refractivity contribution in [3.05, 3.63) is 18.2 Å². The van der Waals surface area contributed by atoms with E-state index in [-0.39, 0.29) is 5.75 Å². The zero-order chi connectivity index (χ0) is 9.97. The summed E-state index contributed by atoms with van der Waals surface area (Å²) in [6.45, 7) is 0.926. The number of halogens is 1. The summed E-state index contributed by atoms with van der Waals surface area (Å²) < 4.78 is 15.3. The van der Waals surface area contributed by atoms with Gasteiger partial charge in [-0.1, -0.05) is 6.07 Å². The second kappa shape index (κ2) is 3.75. The van der Waals surface area contributed by atoms with Crippen molar-refractivity contribution in [1.82, 2.24) is 0 Å². The Kier molecular flexibility index (Phi) is 2.45. The average Bonchev–Trinajstić information content (AvgIpc) is 2.18. The highest BCUT2D eigenvalue weighted by molar-refractivity contribution is 6.61. The molecule has 14 heavy (non-hydrogen) atoms. The van der Waals surface area contributed by atoms with Gasteiger partial charge in [0.1, 0.15) is 13.2 Å². The number of benzene rings is 1. The van der Waals surface area contributed by atoms with Crippen LogP contribution in [-0.4, -0.2) is 18.6 Å². The fourth-order valence-electron chi connectivity index (χ4n) is 1.21. The molecule has 1 aliphatic rings. The lowest BCUT2D eigenvalue weighted by Gasteiger charge is -2.19. The molecule has 0 radical (unpaired) electrons. The van der Waals surface area contributed by atoms with Crippen molar-refractivity contribution in [3.63, 3.8) is 0 Å². The van der Waals surface area contributed by atoms with Crippen LogP contribution in [0.2, 0.25) is 0 Å². The van der Waals surface area contributed by atoms with Gasteiger partial charge in [-0.3, -0.25) is 0 Å². The molecule has 0 atom stereocenters. The van der Waals surface area contributed by atoms with Crippen LogP contribution in [-0.2, 0) is 0 Å². The van der Waals surface area contributed by atoms with Crippen LogP contribution in [0, 0.1) is 0 Å². The molecular formula is C9H7ClO4. The number of carbonyl (C=O) groups is 1. The summed E-state index contributed by atoms with van der Waals surface area (Å²) in [7, 11) is 0. The lowest BCUT2D eigenvalue weighted by Crippen LogP contribution is -2.16. The summed E-state index contributed by atoms with van der Waals surface area (Å²) in [4.78, 5) is 10.5. The molecule has 0 aromatic heterocycles. The first-order chi connectivity index (χ1) is 6.77. The zero-order valence-electron chi connectivity index (χ0n) is 7.16. The van der Waals surface area contributed by atoms with E-state index >= 15 is 0 Å². The lowest BCUT2D eigenvalue weighted by molar-refractivity contribution is 0.164. The van der Waals surface area contributed by atoms with Gasteiger partial charge >= 0.3 is 5.43 Å². The number of rotatable bonds is 1. The van der Waals surface area contributed by atoms with Crippen molar-refractivity contribution < 1.29 is 19.0 Å². The summed E-state index contributed by atoms with van der Waals surface area (Å²) >= 11 is 5.10. The van der Waals surface area contributed by atoms with E-state index in [1.807, 2.05) is 0 Å². The van der Waals surface area contributed by atoms with E-state index in [2.05, 4.69) is 0 Å². The lowest BCUT2D eigenvalue weighted by atomic mass is 10.3. The molecule has 1 aromatic carbocycles. The van der Waals surface area contributed by atoms with Crippen LogP contribution in [0.3, 0.4) is 0 Å². The van der Waals surface area contributed by atoms with Gasteiger partial charge in [-0.25, -0.2) is 4.79 Å². The third kappa shape index (κ3) is 1.75. The number of ether oxygens (including phenoxy) is 3. The van der Waals surface area contributed by atoms with Crippen molar-refractivity contribution in [2.75, 3.05) is 13.2 Å². The Morgan fingerprint density at radius 3 is 2.93 bits per heavy atom. The predicted molar refractivity (Wildman–Crippen MR) is 49.3 cm³/mol. The van der Waals surface area contributed by atoms with E-state index in [0.717, 1.165) is 0 Å². The Morgan fingerprint density at radius 2 is 2.14 bits per heavy atom. The standard InChI is InChI=1S/C9H7ClO4/c10-9(11)14-7-3-1-2-6-8(7)13-5-4-12-6/h1-3H,4-5H2. The molecule has 2 rings (SSSR count). The highest BCUT2D eigenvalue weighted by Crippen LogP contribution is 2.39. The van der Waals surface area contributed by atoms with Gasteiger partial charge in [0.25, 0.3) is 0 Å². The van der Waals surface area contributed by atoms with Gasteiger partial charge in [0.2, 0.25) is 5.75 Å². The Morgan fingerprint density at radius 1 is 1.36 bits per heavy atom. The van der Waals surface area contributed by atoms with Gasteiger partial charge in [0.05, 0.1) is 0 Å². The molecular weight excluding hydrogens is 208 g/mol. The highest BCUT2D eigenvalue weighted by atomic mass is 35.5. The topological polar surface area (TPSA) is 44.8 Å². The van der Waals surface area contributed by atoms with Crippen LogP contribution in [0.1, 0.15) is 0 Å². The summed E-state index contributed by atoms with van der Waals surface area (Å²) in [6, 6.07) is 5.02. The smallest absolute Gasteiger partial charge is 0.409 e. The molecule has 0 unspecified atom stereocenters. The van der Waals surface area contributed by atoms with Crippen molar-refractivity contribution in [1.29, 1.82) is 0 Å². The maximum atomic E-state index is 10.5. The van der Waals surface area contributed by atoms with Gasteiger partial charge in [-0.15, -0.1) is 0 Å². The van der Waals surface area contributed by atoms with Gasteiger partial charge in [-0.05, 0) is 12.1 Å². The second-order valence-corrected chi connectivity index (χ2v) is 2.93. The first-order valence-electron chi connectivity index (χ1n) is 4.03. The molecule has 0 fully saturated rings. The molecule has 0 aliphatic carbocycles. The first-order valence-corrected chi connectivity index (χ1v) is 4.41. The Labute approximate surface area is 85.3 Å². The van der Waals surface area contributed by atoms with Crippen LogP contribution in [0.15, 0.2) is 18.2 Å². The number of fused-ring (bicyclic) bond motifs is 1. The number of para-hydroxylation sites is 1. The van der Waals surface area contributed by atoms with Crippen LogP contribution in [0.25, 0.3) is 0 Å². The molecule has 0 saturated heterocycles. The maximum Gasteiger partial charge on any atom is 0.409 e. The average molecular weight is 215 g/mol. The van der Waals surface area contributed by atoms with Gasteiger partial charge in [-0.2, -0.15) is 0 Å². The van der Waals surface area contributed by atoms with Gasteiger partial charge in [0, 0.05) is 11.6 Å². The van der Waals surface area contributed by atoms with E-state index in [9.17, 15) is 4.79 Å². The molecule has 0 bridgehead atoms. The first kappa shape index (κ1) is 9.15. The number of hydrogen-bond acceptors (Lipinski definition) is 4. The van der Waals surface area contributed by atoms with Gasteiger partial charge < -0.3 is 14.2 Å². The monoisotopic (exact) mass is 214 g/mol. The van der Waals surface area contributed by atoms with Crippen LogP contribution >= 0.6 is 11.6 Å². The highest BCUT2D eigenvalue weighted by Gasteiger charge is 2.17. The summed E-state index contributed by atoms with van der Waals surface area (Å²) in [6.07, 6.45) is 0. The minimum absolute atomic E-state index is 0.280. The van der Waals surface area contributed by atoms with E-state index in [4.69, 9.17) is 25.8 Å². The molecule has 0 spiro atoms. The molecule has 0 N–H and O–H groups in total. The fourth-order valence-corrected chi connectivity index (χ4v) is 1.30. The second-order valence-electron chi connectivity index (χ2n) is 2.62. The third-order valence-electron chi connectivity index (χ3n) is 1.72. The van der Waals surface area contributed by atoms with Gasteiger partial charge in [0.15, 0.2) is 11.5 Å². The van der Waals surface area contributed by atoms with Crippen molar-refractivity contribution >= 4 is 17.0 Å². The quantitative estimate of drug-likeness (QED) is 0.673. The maximum absolute atomic E-state index is 10.5. The minimum atomic E-state index is -0.896. The van der Waals surface area contributed by atoms with E-state index in [1.165, 1.54) is 0 Å². The normalized spacial score (nSPS) is 13.5. The van der Waals surface area contributed by atoms with Crippen LogP contribution < -0.4 is 14.2 Å². The largest absolute Gasteiger partial charge is 0.486 e. The molecule has 1 heterocycles. The van der Waals surface area contributed by atoms with Crippen molar-refractivity contribution in [2.24, 2.45) is 0 Å². The Hall–Kier alpha value is -1.42. The van der Waals surface area contributed by atoms with Crippen LogP contribution in [0.4, 0.5) is 4.79 Å². The molecule has 0 amide bonds. The molecule has 1 aliphatic heterocycles. The minimum Gasteiger partial charge on any atom is -0.486 e. The SMILES string of the molecule is O=C(Cl)Oc1cccc2c1OCCO2. The predicted octanol–water partition coefficient (Wildman–Crippen LogP) is 2.20. The van der Waals surface area contributed by atoms with E-state index in [1.54, 1.807) is 18.2 Å². The van der Waals surface area contributed by atoms with E-state index in [0.29, 0.717) is 24.7 Å². The summed E-state index contributed by atoms with van der Waals surface area (Å²) in [5, 5.41) is 0. The van der Waals surface area contributed by atoms with E-state index < -0.39 is 5.43 Å². The molecule has 4 nitrogen and oxygen atoms in total. The summed E-state index contributed by atoms with van der Waals surface area (Å²) in [5.41, 5.74) is -0.896. The van der Waals surface area contributed by atoms with Crippen molar-refractivity contribution in [3.8, 4) is 17.2 Å². The summed E-state index contributed by atoms with van der Waals surface area (Å²) in [5.74, 6) is 1.27. The molecule has 0 saturated carbocycles. The third-order valence-corrected chi connectivity index (χ3v) is 1.80. The van der Waals surface area contributed by atoms with Crippen molar-refractivity contribution in [2.45, 2.75) is 0 Å². The van der Waals surface area contributed by atoms with Crippen LogP contribution in [0.5, 0.6) is 17.2 Å². The zero-order valence-corrected chi connectivity index (χ0v) is 7.91. The fraction of sp³-hybridized carbons (Fsp3) is 0.222.